The number of nitrogens with two attached hydrogens (primary N) is 1. The maximum absolute atomic E-state index is 6.16. The number of rotatable bonds is 5. The lowest BCUT2D eigenvalue weighted by Gasteiger charge is -2.37. The average Bonchev–Trinajstić information content (AvgIpc) is 2.31. The molecule has 0 bridgehead atoms. The van der Waals surface area contributed by atoms with Crippen molar-refractivity contribution in [3.8, 4) is 5.75 Å². The summed E-state index contributed by atoms with van der Waals surface area (Å²) in [6.07, 6.45) is 1.06. The van der Waals surface area contributed by atoms with Crippen LogP contribution in [0.5, 0.6) is 5.75 Å². The Labute approximate surface area is 105 Å². The first-order valence-corrected chi connectivity index (χ1v) is 6.19. The molecule has 0 heterocycles. The van der Waals surface area contributed by atoms with Crippen LogP contribution in [0.15, 0.2) is 18.2 Å². The maximum atomic E-state index is 6.16. The van der Waals surface area contributed by atoms with Crippen LogP contribution in [-0.2, 0) is 0 Å². The molecule has 1 aromatic carbocycles. The second-order valence-corrected chi connectivity index (χ2v) is 4.85. The van der Waals surface area contributed by atoms with E-state index in [1.165, 1.54) is 0 Å². The zero-order valence-corrected chi connectivity index (χ0v) is 11.6. The Morgan fingerprint density at radius 2 is 1.94 bits per heavy atom. The van der Waals surface area contributed by atoms with E-state index in [0.717, 1.165) is 23.5 Å². The molecule has 0 radical (unpaired) electrons. The van der Waals surface area contributed by atoms with Crippen molar-refractivity contribution in [3.05, 3.63) is 18.2 Å². The van der Waals surface area contributed by atoms with Gasteiger partial charge in [0.2, 0.25) is 0 Å². The van der Waals surface area contributed by atoms with Crippen LogP contribution in [0.3, 0.4) is 0 Å². The Morgan fingerprint density at radius 3 is 2.47 bits per heavy atom. The van der Waals surface area contributed by atoms with Crippen LogP contribution < -0.4 is 15.4 Å². The third kappa shape index (κ3) is 2.84. The average molecular weight is 236 g/mol. The SMILES string of the molecule is CCOc1cccc(N(C)C(C)(C)CC)c1N. The normalized spacial score (nSPS) is 11.4. The fraction of sp³-hybridized carbons (Fsp3) is 0.571. The van der Waals surface area contributed by atoms with Crippen molar-refractivity contribution >= 4 is 11.4 Å². The van der Waals surface area contributed by atoms with Gasteiger partial charge in [-0.05, 0) is 39.3 Å². The van der Waals surface area contributed by atoms with E-state index in [0.29, 0.717) is 6.61 Å². The Morgan fingerprint density at radius 1 is 1.29 bits per heavy atom. The van der Waals surface area contributed by atoms with Crippen molar-refractivity contribution in [3.63, 3.8) is 0 Å². The molecule has 1 rings (SSSR count). The molecule has 0 aliphatic heterocycles. The second-order valence-electron chi connectivity index (χ2n) is 4.85. The van der Waals surface area contributed by atoms with Gasteiger partial charge in [0.05, 0.1) is 18.0 Å². The molecular weight excluding hydrogens is 212 g/mol. The highest BCUT2D eigenvalue weighted by Crippen LogP contribution is 2.35. The lowest BCUT2D eigenvalue weighted by atomic mass is 9.99. The van der Waals surface area contributed by atoms with Gasteiger partial charge < -0.3 is 15.4 Å². The number of nitrogens with zero attached hydrogens (tertiary/aromatic N) is 1. The number of hydrogen-bond donors (Lipinski definition) is 1. The summed E-state index contributed by atoms with van der Waals surface area (Å²) in [6, 6.07) is 5.93. The first kappa shape index (κ1) is 13.7. The molecule has 0 amide bonds. The Hall–Kier alpha value is -1.38. The van der Waals surface area contributed by atoms with E-state index in [9.17, 15) is 0 Å². The topological polar surface area (TPSA) is 38.5 Å². The molecule has 17 heavy (non-hydrogen) atoms. The van der Waals surface area contributed by atoms with Gasteiger partial charge in [-0.15, -0.1) is 0 Å². The molecule has 3 nitrogen and oxygen atoms in total. The summed E-state index contributed by atoms with van der Waals surface area (Å²) >= 11 is 0. The maximum Gasteiger partial charge on any atom is 0.144 e. The predicted molar refractivity (Wildman–Crippen MR) is 74.8 cm³/mol. The summed E-state index contributed by atoms with van der Waals surface area (Å²) in [4.78, 5) is 2.21. The number of ether oxygens (including phenoxy) is 1. The van der Waals surface area contributed by atoms with E-state index in [4.69, 9.17) is 10.5 Å². The van der Waals surface area contributed by atoms with Gasteiger partial charge in [0.15, 0.2) is 0 Å². The summed E-state index contributed by atoms with van der Waals surface area (Å²) in [5, 5.41) is 0. The van der Waals surface area contributed by atoms with Gasteiger partial charge >= 0.3 is 0 Å². The molecule has 0 spiro atoms. The number of nitrogen functional groups attached to an aromatic ring is 1. The van der Waals surface area contributed by atoms with Crippen LogP contribution in [0.4, 0.5) is 11.4 Å². The standard InChI is InChI=1S/C14H24N2O/c1-6-14(3,4)16(5)11-9-8-10-12(13(11)15)17-7-2/h8-10H,6-7,15H2,1-5H3. The van der Waals surface area contributed by atoms with Crippen molar-refractivity contribution in [2.24, 2.45) is 0 Å². The summed E-state index contributed by atoms with van der Waals surface area (Å²) in [6.45, 7) is 9.19. The molecular formula is C14H24N2O. The highest BCUT2D eigenvalue weighted by atomic mass is 16.5. The zero-order valence-electron chi connectivity index (χ0n) is 11.6. The quantitative estimate of drug-likeness (QED) is 0.797. The number of benzene rings is 1. The molecule has 96 valence electrons. The van der Waals surface area contributed by atoms with Gasteiger partial charge in [-0.25, -0.2) is 0 Å². The number of hydrogen-bond acceptors (Lipinski definition) is 3. The van der Waals surface area contributed by atoms with E-state index >= 15 is 0 Å². The lowest BCUT2D eigenvalue weighted by Crippen LogP contribution is -2.40. The monoisotopic (exact) mass is 236 g/mol. The molecule has 0 unspecified atom stereocenters. The van der Waals surface area contributed by atoms with Gasteiger partial charge in [0, 0.05) is 12.6 Å². The number of anilines is 2. The van der Waals surface area contributed by atoms with E-state index in [-0.39, 0.29) is 5.54 Å². The minimum Gasteiger partial charge on any atom is -0.492 e. The van der Waals surface area contributed by atoms with E-state index in [2.05, 4.69) is 32.7 Å². The fourth-order valence-electron chi connectivity index (χ4n) is 1.67. The van der Waals surface area contributed by atoms with Crippen LogP contribution in [0.25, 0.3) is 0 Å². The summed E-state index contributed by atoms with van der Waals surface area (Å²) in [5.74, 6) is 0.767. The molecule has 0 aromatic heterocycles. The van der Waals surface area contributed by atoms with Gasteiger partial charge in [-0.2, -0.15) is 0 Å². The van der Waals surface area contributed by atoms with Gasteiger partial charge in [0.1, 0.15) is 5.75 Å². The first-order valence-electron chi connectivity index (χ1n) is 6.19. The molecule has 1 aromatic rings. The number of para-hydroxylation sites is 1. The van der Waals surface area contributed by atoms with E-state index < -0.39 is 0 Å². The third-order valence-electron chi connectivity index (χ3n) is 3.48. The Kier molecular flexibility index (Phi) is 4.27. The molecule has 2 N–H and O–H groups in total. The minimum absolute atomic E-state index is 0.0823. The predicted octanol–water partition coefficient (Wildman–Crippen LogP) is 3.29. The Balaban J connectivity index is 3.10. The van der Waals surface area contributed by atoms with Gasteiger partial charge in [0.25, 0.3) is 0 Å². The minimum atomic E-state index is 0.0823. The van der Waals surface area contributed by atoms with Crippen LogP contribution in [0.2, 0.25) is 0 Å². The molecule has 0 aliphatic rings. The first-order chi connectivity index (χ1) is 7.94. The van der Waals surface area contributed by atoms with E-state index in [1.54, 1.807) is 0 Å². The molecule has 0 aliphatic carbocycles. The second kappa shape index (κ2) is 5.30. The van der Waals surface area contributed by atoms with Crippen molar-refractivity contribution in [1.82, 2.24) is 0 Å². The summed E-state index contributed by atoms with van der Waals surface area (Å²) < 4.78 is 5.52. The molecule has 0 saturated carbocycles. The van der Waals surface area contributed by atoms with Crippen LogP contribution in [0.1, 0.15) is 34.1 Å². The molecule has 0 fully saturated rings. The highest BCUT2D eigenvalue weighted by Gasteiger charge is 2.23. The van der Waals surface area contributed by atoms with E-state index in [1.807, 2.05) is 25.1 Å². The Bertz CT molecular complexity index is 374. The zero-order chi connectivity index (χ0) is 13.1. The van der Waals surface area contributed by atoms with Gasteiger partial charge in [-0.1, -0.05) is 13.0 Å². The fourth-order valence-corrected chi connectivity index (χ4v) is 1.67. The van der Waals surface area contributed by atoms with Crippen LogP contribution in [0, 0.1) is 0 Å². The molecule has 3 heteroatoms. The molecule has 0 atom stereocenters. The summed E-state index contributed by atoms with van der Waals surface area (Å²) in [7, 11) is 2.07. The molecule has 0 saturated heterocycles. The highest BCUT2D eigenvalue weighted by molar-refractivity contribution is 5.74. The summed E-state index contributed by atoms with van der Waals surface area (Å²) in [5.41, 5.74) is 7.99. The third-order valence-corrected chi connectivity index (χ3v) is 3.48. The van der Waals surface area contributed by atoms with Crippen LogP contribution in [-0.4, -0.2) is 19.2 Å². The van der Waals surface area contributed by atoms with Crippen molar-refractivity contribution in [1.29, 1.82) is 0 Å². The van der Waals surface area contributed by atoms with Crippen molar-refractivity contribution in [2.75, 3.05) is 24.3 Å². The van der Waals surface area contributed by atoms with Crippen molar-refractivity contribution < 1.29 is 4.74 Å². The largest absolute Gasteiger partial charge is 0.492 e. The van der Waals surface area contributed by atoms with Crippen LogP contribution >= 0.6 is 0 Å². The van der Waals surface area contributed by atoms with Crippen molar-refractivity contribution in [2.45, 2.75) is 39.7 Å². The van der Waals surface area contributed by atoms with Gasteiger partial charge in [-0.3, -0.25) is 0 Å². The smallest absolute Gasteiger partial charge is 0.144 e. The lowest BCUT2D eigenvalue weighted by molar-refractivity contribution is 0.342.